The lowest BCUT2D eigenvalue weighted by atomic mass is 10.1. The van der Waals surface area contributed by atoms with E-state index in [1.807, 2.05) is 66.7 Å². The zero-order chi connectivity index (χ0) is 21.9. The van der Waals surface area contributed by atoms with Crippen molar-refractivity contribution in [2.45, 2.75) is 13.3 Å². The Labute approximate surface area is 186 Å². The van der Waals surface area contributed by atoms with E-state index in [1.54, 1.807) is 0 Å². The van der Waals surface area contributed by atoms with E-state index < -0.39 is 0 Å². The molecule has 8 heteroatoms. The smallest absolute Gasteiger partial charge is 0.227 e. The molecular formula is C24H25N7O. The first-order valence-corrected chi connectivity index (χ1v) is 10.8. The summed E-state index contributed by atoms with van der Waals surface area (Å²) in [4.78, 5) is 24.5. The largest absolute Gasteiger partial charge is 0.361 e. The number of rotatable bonds is 5. The van der Waals surface area contributed by atoms with Crippen molar-refractivity contribution in [2.24, 2.45) is 0 Å². The van der Waals surface area contributed by atoms with Crippen molar-refractivity contribution < 1.29 is 4.79 Å². The molecule has 0 spiro atoms. The average molecular weight is 428 g/mol. The fourth-order valence-electron chi connectivity index (χ4n) is 3.97. The molecule has 0 unspecified atom stereocenters. The SMILES string of the molecule is Cc1ccc(Nc2ccc(N3CCN(C(=O)Cc4c[nH]c5ccccc45)CC3)nn2)nc1. The molecule has 1 aliphatic rings. The van der Waals surface area contributed by atoms with E-state index in [2.05, 4.69) is 36.4 Å². The van der Waals surface area contributed by atoms with Crippen molar-refractivity contribution in [3.05, 3.63) is 72.1 Å². The molecule has 32 heavy (non-hydrogen) atoms. The van der Waals surface area contributed by atoms with Crippen LogP contribution >= 0.6 is 0 Å². The maximum Gasteiger partial charge on any atom is 0.227 e. The molecule has 1 saturated heterocycles. The number of nitrogens with one attached hydrogen (secondary N) is 2. The van der Waals surface area contributed by atoms with Gasteiger partial charge in [-0.05, 0) is 42.3 Å². The first-order valence-electron chi connectivity index (χ1n) is 10.8. The van der Waals surface area contributed by atoms with Gasteiger partial charge in [0.05, 0.1) is 6.42 Å². The van der Waals surface area contributed by atoms with Crippen molar-refractivity contribution in [3.63, 3.8) is 0 Å². The number of carbonyl (C=O) groups excluding carboxylic acids is 1. The third-order valence-electron chi connectivity index (χ3n) is 5.79. The predicted molar refractivity (Wildman–Crippen MR) is 125 cm³/mol. The Morgan fingerprint density at radius 2 is 1.81 bits per heavy atom. The lowest BCUT2D eigenvalue weighted by molar-refractivity contribution is -0.130. The molecule has 4 heterocycles. The van der Waals surface area contributed by atoms with Crippen LogP contribution in [0.3, 0.4) is 0 Å². The van der Waals surface area contributed by atoms with Crippen LogP contribution in [0.1, 0.15) is 11.1 Å². The quantitative estimate of drug-likeness (QED) is 0.508. The number of piperazine rings is 1. The highest BCUT2D eigenvalue weighted by atomic mass is 16.2. The average Bonchev–Trinajstić information content (AvgIpc) is 3.24. The normalized spacial score (nSPS) is 14.0. The Balaban J connectivity index is 1.16. The highest BCUT2D eigenvalue weighted by molar-refractivity contribution is 5.89. The van der Waals surface area contributed by atoms with Gasteiger partial charge in [0.15, 0.2) is 11.6 Å². The van der Waals surface area contributed by atoms with Gasteiger partial charge in [0.25, 0.3) is 0 Å². The number of aryl methyl sites for hydroxylation is 1. The molecule has 0 radical (unpaired) electrons. The number of hydrogen-bond acceptors (Lipinski definition) is 6. The van der Waals surface area contributed by atoms with Crippen LogP contribution < -0.4 is 10.2 Å². The number of carbonyl (C=O) groups is 1. The molecule has 1 amide bonds. The number of fused-ring (bicyclic) bond motifs is 1. The molecule has 1 fully saturated rings. The maximum absolute atomic E-state index is 12.8. The predicted octanol–water partition coefficient (Wildman–Crippen LogP) is 3.30. The molecule has 3 aromatic heterocycles. The highest BCUT2D eigenvalue weighted by Gasteiger charge is 2.23. The van der Waals surface area contributed by atoms with E-state index >= 15 is 0 Å². The number of H-pyrrole nitrogens is 1. The molecule has 162 valence electrons. The van der Waals surface area contributed by atoms with Crippen LogP contribution in [0.4, 0.5) is 17.5 Å². The van der Waals surface area contributed by atoms with E-state index in [-0.39, 0.29) is 5.91 Å². The Hall–Kier alpha value is -3.94. The van der Waals surface area contributed by atoms with Crippen LogP contribution in [0.5, 0.6) is 0 Å². The fourth-order valence-corrected chi connectivity index (χ4v) is 3.97. The van der Waals surface area contributed by atoms with Crippen LogP contribution in [0.25, 0.3) is 10.9 Å². The standard InChI is InChI=1S/C24H25N7O/c1-17-6-7-21(26-15-17)27-22-8-9-23(29-28-22)30-10-12-31(13-11-30)24(32)14-18-16-25-20-5-3-2-4-19(18)20/h2-9,15-16,25H,10-14H2,1H3,(H,26,27,28). The molecule has 0 atom stereocenters. The Morgan fingerprint density at radius 3 is 2.56 bits per heavy atom. The number of anilines is 3. The molecule has 8 nitrogen and oxygen atoms in total. The molecule has 0 aliphatic carbocycles. The number of nitrogens with zero attached hydrogens (tertiary/aromatic N) is 5. The molecule has 0 saturated carbocycles. The van der Waals surface area contributed by atoms with Gasteiger partial charge in [-0.3, -0.25) is 4.79 Å². The zero-order valence-electron chi connectivity index (χ0n) is 18.0. The van der Waals surface area contributed by atoms with Crippen LogP contribution in [0.2, 0.25) is 0 Å². The lowest BCUT2D eigenvalue weighted by Crippen LogP contribution is -2.49. The molecule has 4 aromatic rings. The number of amides is 1. The Morgan fingerprint density at radius 1 is 1.00 bits per heavy atom. The summed E-state index contributed by atoms with van der Waals surface area (Å²) in [6, 6.07) is 15.8. The minimum atomic E-state index is 0.158. The molecule has 0 bridgehead atoms. The monoisotopic (exact) mass is 427 g/mol. The molecule has 1 aliphatic heterocycles. The summed E-state index contributed by atoms with van der Waals surface area (Å²) >= 11 is 0. The van der Waals surface area contributed by atoms with Crippen LogP contribution in [0.15, 0.2) is 60.9 Å². The Kier molecular flexibility index (Phi) is 5.41. The second kappa shape index (κ2) is 8.66. The van der Waals surface area contributed by atoms with Gasteiger partial charge in [0.2, 0.25) is 5.91 Å². The summed E-state index contributed by atoms with van der Waals surface area (Å²) in [7, 11) is 0. The van der Waals surface area contributed by atoms with Crippen LogP contribution in [-0.2, 0) is 11.2 Å². The summed E-state index contributed by atoms with van der Waals surface area (Å²) < 4.78 is 0. The first kappa shape index (κ1) is 20.0. The van der Waals surface area contributed by atoms with Crippen molar-refractivity contribution in [3.8, 4) is 0 Å². The zero-order valence-corrected chi connectivity index (χ0v) is 18.0. The minimum absolute atomic E-state index is 0.158. The highest BCUT2D eigenvalue weighted by Crippen LogP contribution is 2.20. The molecule has 1 aromatic carbocycles. The minimum Gasteiger partial charge on any atom is -0.361 e. The van der Waals surface area contributed by atoms with E-state index in [1.165, 1.54) is 0 Å². The van der Waals surface area contributed by atoms with Crippen molar-refractivity contribution in [2.75, 3.05) is 36.4 Å². The van der Waals surface area contributed by atoms with Crippen molar-refractivity contribution in [1.82, 2.24) is 25.1 Å². The van der Waals surface area contributed by atoms with Gasteiger partial charge in [-0.2, -0.15) is 0 Å². The summed E-state index contributed by atoms with van der Waals surface area (Å²) in [6.45, 7) is 4.83. The number of para-hydroxylation sites is 1. The summed E-state index contributed by atoms with van der Waals surface area (Å²) in [6.07, 6.45) is 4.16. The fraction of sp³-hybridized carbons (Fsp3) is 0.250. The van der Waals surface area contributed by atoms with Gasteiger partial charge in [-0.25, -0.2) is 4.98 Å². The summed E-state index contributed by atoms with van der Waals surface area (Å²) in [5.41, 5.74) is 3.22. The van der Waals surface area contributed by atoms with Gasteiger partial charge in [-0.1, -0.05) is 24.3 Å². The third kappa shape index (κ3) is 4.25. The topological polar surface area (TPSA) is 90.0 Å². The van der Waals surface area contributed by atoms with Crippen molar-refractivity contribution >= 4 is 34.3 Å². The molecular weight excluding hydrogens is 402 g/mol. The van der Waals surface area contributed by atoms with Gasteiger partial charge in [-0.15, -0.1) is 10.2 Å². The van der Waals surface area contributed by atoms with Crippen molar-refractivity contribution in [1.29, 1.82) is 0 Å². The summed E-state index contributed by atoms with van der Waals surface area (Å²) in [5.74, 6) is 2.36. The molecule has 5 rings (SSSR count). The van der Waals surface area contributed by atoms with E-state index in [9.17, 15) is 4.79 Å². The Bertz CT molecular complexity index is 1210. The van der Waals surface area contributed by atoms with E-state index in [4.69, 9.17) is 0 Å². The third-order valence-corrected chi connectivity index (χ3v) is 5.79. The summed E-state index contributed by atoms with van der Waals surface area (Å²) in [5, 5.41) is 12.9. The van der Waals surface area contributed by atoms with Gasteiger partial charge < -0.3 is 20.1 Å². The van der Waals surface area contributed by atoms with Crippen LogP contribution in [0, 0.1) is 6.92 Å². The number of aromatic nitrogens is 4. The van der Waals surface area contributed by atoms with Crippen LogP contribution in [-0.4, -0.2) is 57.2 Å². The van der Waals surface area contributed by atoms with E-state index in [0.717, 1.165) is 46.8 Å². The number of pyridine rings is 1. The number of hydrogen-bond donors (Lipinski definition) is 2. The van der Waals surface area contributed by atoms with Gasteiger partial charge in [0, 0.05) is 49.5 Å². The first-order chi connectivity index (χ1) is 15.7. The number of benzene rings is 1. The molecule has 2 N–H and O–H groups in total. The number of aromatic amines is 1. The lowest BCUT2D eigenvalue weighted by Gasteiger charge is -2.35. The second-order valence-electron chi connectivity index (χ2n) is 8.03. The van der Waals surface area contributed by atoms with Gasteiger partial charge >= 0.3 is 0 Å². The van der Waals surface area contributed by atoms with Gasteiger partial charge in [0.1, 0.15) is 5.82 Å². The van der Waals surface area contributed by atoms with E-state index in [0.29, 0.717) is 25.3 Å². The maximum atomic E-state index is 12.8. The second-order valence-corrected chi connectivity index (χ2v) is 8.03.